The van der Waals surface area contributed by atoms with E-state index in [-0.39, 0.29) is 19.0 Å². The number of piperidine rings is 1. The van der Waals surface area contributed by atoms with E-state index in [1.165, 1.54) is 17.9 Å². The fourth-order valence-electron chi connectivity index (χ4n) is 4.49. The number of carbonyl (C=O) groups excluding carboxylic acids is 2. The highest BCUT2D eigenvalue weighted by Gasteiger charge is 2.53. The third kappa shape index (κ3) is 3.69. The number of fused-ring (bicyclic) bond motifs is 1. The molecule has 3 heterocycles. The summed E-state index contributed by atoms with van der Waals surface area (Å²) < 4.78 is 20.1. The van der Waals surface area contributed by atoms with E-state index in [1.807, 2.05) is 12.1 Å². The molecule has 1 aliphatic carbocycles. The van der Waals surface area contributed by atoms with E-state index in [0.717, 1.165) is 18.9 Å². The minimum Gasteiger partial charge on any atom is -0.442 e. The van der Waals surface area contributed by atoms with Gasteiger partial charge in [0.05, 0.1) is 18.8 Å². The fraction of sp³-hybridized carbons (Fsp3) is 0.409. The van der Waals surface area contributed by atoms with Crippen molar-refractivity contribution < 1.29 is 18.7 Å². The summed E-state index contributed by atoms with van der Waals surface area (Å²) in [7, 11) is 0. The molecule has 3 fully saturated rings. The summed E-state index contributed by atoms with van der Waals surface area (Å²) >= 11 is 0. The van der Waals surface area contributed by atoms with Gasteiger partial charge in [-0.25, -0.2) is 14.2 Å². The molecule has 31 heavy (non-hydrogen) atoms. The van der Waals surface area contributed by atoms with Gasteiger partial charge in [-0.05, 0) is 42.2 Å². The van der Waals surface area contributed by atoms with Crippen LogP contribution in [0.25, 0.3) is 11.1 Å². The number of ether oxygens (including phenoxy) is 1. The molecule has 162 valence electrons. The Morgan fingerprint density at radius 3 is 2.68 bits per heavy atom. The van der Waals surface area contributed by atoms with E-state index in [0.29, 0.717) is 34.7 Å². The Bertz CT molecular complexity index is 1020. The standard InChI is InChI=1S/C22H24FN5O3/c1-12(29)25-8-15-9-28(22(30)31-15)14-3-4-16(19(23)6-14)13-2-5-20(26-7-13)27-10-17-18(11-27)21(17)24/h2-7,15,17-18,21H,8-11,24H2,1H3,(H,25,29)/t15-,17-,18+,21?/m0/s1. The molecule has 2 aromatic rings. The zero-order chi connectivity index (χ0) is 21.7. The number of halogens is 1. The van der Waals surface area contributed by atoms with Gasteiger partial charge in [-0.3, -0.25) is 9.69 Å². The van der Waals surface area contributed by atoms with Crippen molar-refractivity contribution in [3.05, 3.63) is 42.3 Å². The molecule has 0 bridgehead atoms. The molecule has 2 saturated heterocycles. The predicted octanol–water partition coefficient (Wildman–Crippen LogP) is 1.74. The number of nitrogens with zero attached hydrogens (tertiary/aromatic N) is 3. The van der Waals surface area contributed by atoms with Crippen molar-refractivity contribution in [1.82, 2.24) is 10.3 Å². The Morgan fingerprint density at radius 2 is 2.03 bits per heavy atom. The van der Waals surface area contributed by atoms with Gasteiger partial charge in [-0.1, -0.05) is 0 Å². The van der Waals surface area contributed by atoms with Crippen LogP contribution in [0.4, 0.5) is 20.7 Å². The van der Waals surface area contributed by atoms with Gasteiger partial charge in [0.15, 0.2) is 0 Å². The maximum atomic E-state index is 14.9. The van der Waals surface area contributed by atoms with Gasteiger partial charge >= 0.3 is 6.09 Å². The van der Waals surface area contributed by atoms with E-state index in [2.05, 4.69) is 15.2 Å². The summed E-state index contributed by atoms with van der Waals surface area (Å²) in [6, 6.07) is 8.74. The Labute approximate surface area is 179 Å². The predicted molar refractivity (Wildman–Crippen MR) is 113 cm³/mol. The van der Waals surface area contributed by atoms with Gasteiger partial charge in [0.25, 0.3) is 0 Å². The highest BCUT2D eigenvalue weighted by molar-refractivity contribution is 5.90. The van der Waals surface area contributed by atoms with Crippen molar-refractivity contribution in [1.29, 1.82) is 0 Å². The molecule has 8 nitrogen and oxygen atoms in total. The number of nitrogens with one attached hydrogen (secondary N) is 1. The SMILES string of the molecule is CC(=O)NC[C@H]1CN(c2ccc(-c3ccc(N4C[C@@H]5C(N)[C@@H]5C4)nc3)c(F)c2)C(=O)O1. The Kier molecular flexibility index (Phi) is 4.77. The van der Waals surface area contributed by atoms with Crippen LogP contribution >= 0.6 is 0 Å². The first-order valence-corrected chi connectivity index (χ1v) is 10.4. The van der Waals surface area contributed by atoms with E-state index >= 15 is 0 Å². The number of anilines is 2. The van der Waals surface area contributed by atoms with Crippen LogP contribution in [0, 0.1) is 17.7 Å². The fourth-order valence-corrected chi connectivity index (χ4v) is 4.49. The van der Waals surface area contributed by atoms with Crippen LogP contribution in [0.2, 0.25) is 0 Å². The van der Waals surface area contributed by atoms with E-state index in [1.54, 1.807) is 18.3 Å². The Hall–Kier alpha value is -3.20. The van der Waals surface area contributed by atoms with Gasteiger partial charge in [0.2, 0.25) is 5.91 Å². The van der Waals surface area contributed by atoms with Crippen LogP contribution in [0.5, 0.6) is 0 Å². The number of hydrogen-bond acceptors (Lipinski definition) is 6. The average molecular weight is 425 g/mol. The largest absolute Gasteiger partial charge is 0.442 e. The van der Waals surface area contributed by atoms with Crippen molar-refractivity contribution in [3.63, 3.8) is 0 Å². The summed E-state index contributed by atoms with van der Waals surface area (Å²) in [6.45, 7) is 3.72. The highest BCUT2D eigenvalue weighted by Crippen LogP contribution is 2.45. The Balaban J connectivity index is 1.27. The molecule has 1 aromatic carbocycles. The minimum atomic E-state index is -0.558. The van der Waals surface area contributed by atoms with Crippen molar-refractivity contribution in [2.45, 2.75) is 19.1 Å². The molecule has 1 aromatic heterocycles. The number of rotatable bonds is 5. The van der Waals surface area contributed by atoms with Gasteiger partial charge in [-0.15, -0.1) is 0 Å². The topological polar surface area (TPSA) is 101 Å². The summed E-state index contributed by atoms with van der Waals surface area (Å²) in [4.78, 5) is 31.3. The van der Waals surface area contributed by atoms with Crippen LogP contribution in [0.3, 0.4) is 0 Å². The number of hydrogen-bond donors (Lipinski definition) is 2. The first-order valence-electron chi connectivity index (χ1n) is 10.4. The molecule has 3 N–H and O–H groups in total. The van der Waals surface area contributed by atoms with Crippen LogP contribution in [-0.2, 0) is 9.53 Å². The van der Waals surface area contributed by atoms with E-state index < -0.39 is 18.0 Å². The van der Waals surface area contributed by atoms with E-state index in [4.69, 9.17) is 10.5 Å². The van der Waals surface area contributed by atoms with Crippen LogP contribution in [-0.4, -0.2) is 55.3 Å². The third-order valence-electron chi connectivity index (χ3n) is 6.36. The number of cyclic esters (lactones) is 1. The molecule has 3 aliphatic rings. The van der Waals surface area contributed by atoms with Crippen molar-refractivity contribution in [3.8, 4) is 11.1 Å². The number of pyridine rings is 1. The maximum Gasteiger partial charge on any atom is 0.414 e. The summed E-state index contributed by atoms with van der Waals surface area (Å²) in [6.07, 6.45) is 0.643. The van der Waals surface area contributed by atoms with Crippen molar-refractivity contribution >= 4 is 23.5 Å². The zero-order valence-electron chi connectivity index (χ0n) is 17.1. The number of carbonyl (C=O) groups is 2. The smallest absolute Gasteiger partial charge is 0.414 e. The summed E-state index contributed by atoms with van der Waals surface area (Å²) in [5, 5.41) is 2.62. The monoisotopic (exact) mass is 425 g/mol. The second-order valence-corrected chi connectivity index (χ2v) is 8.43. The molecular formula is C22H24FN5O3. The Morgan fingerprint density at radius 1 is 1.26 bits per heavy atom. The first kappa shape index (κ1) is 19.7. The van der Waals surface area contributed by atoms with Crippen molar-refractivity contribution in [2.24, 2.45) is 17.6 Å². The molecule has 2 amide bonds. The quantitative estimate of drug-likeness (QED) is 0.757. The van der Waals surface area contributed by atoms with Gasteiger partial charge < -0.3 is 20.7 Å². The molecule has 1 saturated carbocycles. The highest BCUT2D eigenvalue weighted by atomic mass is 19.1. The molecule has 5 rings (SSSR count). The van der Waals surface area contributed by atoms with Crippen LogP contribution in [0.15, 0.2) is 36.5 Å². The lowest BCUT2D eigenvalue weighted by atomic mass is 10.1. The number of aromatic nitrogens is 1. The van der Waals surface area contributed by atoms with Crippen LogP contribution < -0.4 is 20.9 Å². The molecule has 4 atom stereocenters. The first-order chi connectivity index (χ1) is 14.9. The molecule has 2 aliphatic heterocycles. The van der Waals surface area contributed by atoms with Gasteiger partial charge in [0.1, 0.15) is 17.7 Å². The molecule has 0 spiro atoms. The molecular weight excluding hydrogens is 401 g/mol. The van der Waals surface area contributed by atoms with Gasteiger partial charge in [0, 0.05) is 43.4 Å². The lowest BCUT2D eigenvalue weighted by Crippen LogP contribution is -2.33. The molecule has 1 unspecified atom stereocenters. The minimum absolute atomic E-state index is 0.199. The number of amides is 2. The molecule has 9 heteroatoms. The number of nitrogens with two attached hydrogens (primary N) is 1. The van der Waals surface area contributed by atoms with Crippen molar-refractivity contribution in [2.75, 3.05) is 36.0 Å². The van der Waals surface area contributed by atoms with Gasteiger partial charge in [-0.2, -0.15) is 0 Å². The lowest BCUT2D eigenvalue weighted by molar-refractivity contribution is -0.119. The number of benzene rings is 1. The van der Waals surface area contributed by atoms with Crippen LogP contribution in [0.1, 0.15) is 6.92 Å². The summed E-state index contributed by atoms with van der Waals surface area (Å²) in [5.74, 6) is 1.38. The summed E-state index contributed by atoms with van der Waals surface area (Å²) in [5.41, 5.74) is 7.48. The normalized spacial score (nSPS) is 26.6. The van der Waals surface area contributed by atoms with E-state index in [9.17, 15) is 14.0 Å². The zero-order valence-corrected chi connectivity index (χ0v) is 17.1. The lowest BCUT2D eigenvalue weighted by Gasteiger charge is -2.20. The maximum absolute atomic E-state index is 14.9. The second kappa shape index (κ2) is 7.49. The second-order valence-electron chi connectivity index (χ2n) is 8.43. The average Bonchev–Trinajstić information content (AvgIpc) is 3.11. The third-order valence-corrected chi connectivity index (χ3v) is 6.36. The molecule has 0 radical (unpaired) electrons.